The van der Waals surface area contributed by atoms with Crippen LogP contribution < -0.4 is 10.2 Å². The van der Waals surface area contributed by atoms with Gasteiger partial charge in [-0.15, -0.1) is 0 Å². The van der Waals surface area contributed by atoms with Crippen molar-refractivity contribution in [3.8, 4) is 11.5 Å². The van der Waals surface area contributed by atoms with E-state index in [1.54, 1.807) is 19.2 Å². The third-order valence-electron chi connectivity index (χ3n) is 5.42. The van der Waals surface area contributed by atoms with E-state index in [4.69, 9.17) is 14.1 Å². The standard InChI is InChI=1S/C24H27N3O3/c1-17-21(16-27-14-12-18-6-3-4-7-22(18)27)26-24(30-17)20-10-8-19(9-11-20)23(28)25-13-5-15-29-2/h3-4,6-11H,5,12-16H2,1-2H3,(H,25,28). The number of carbonyl (C=O) groups excluding carboxylic acids is 1. The molecule has 1 aliphatic rings. The van der Waals surface area contributed by atoms with Crippen molar-refractivity contribution in [3.05, 3.63) is 71.1 Å². The number of methoxy groups -OCH3 is 1. The Morgan fingerprint density at radius 3 is 2.80 bits per heavy atom. The van der Waals surface area contributed by atoms with E-state index in [-0.39, 0.29) is 5.91 Å². The van der Waals surface area contributed by atoms with Crippen LogP contribution in [0.5, 0.6) is 0 Å². The van der Waals surface area contributed by atoms with Gasteiger partial charge in [-0.2, -0.15) is 0 Å². The zero-order valence-electron chi connectivity index (χ0n) is 17.5. The number of aromatic nitrogens is 1. The molecule has 1 N–H and O–H groups in total. The Hall–Kier alpha value is -3.12. The molecule has 0 saturated carbocycles. The maximum atomic E-state index is 12.2. The minimum Gasteiger partial charge on any atom is -0.441 e. The Morgan fingerprint density at radius 1 is 1.20 bits per heavy atom. The van der Waals surface area contributed by atoms with Crippen LogP contribution in [0, 0.1) is 6.92 Å². The van der Waals surface area contributed by atoms with Crippen LogP contribution in [0.25, 0.3) is 11.5 Å². The number of nitrogens with one attached hydrogen (secondary N) is 1. The molecule has 2 aromatic carbocycles. The number of fused-ring (bicyclic) bond motifs is 1. The second-order valence-corrected chi connectivity index (χ2v) is 7.50. The smallest absolute Gasteiger partial charge is 0.251 e. The van der Waals surface area contributed by atoms with Crippen molar-refractivity contribution in [2.75, 3.05) is 31.7 Å². The van der Waals surface area contributed by atoms with Crippen LogP contribution in [0.15, 0.2) is 52.9 Å². The number of oxazole rings is 1. The summed E-state index contributed by atoms with van der Waals surface area (Å²) in [5.41, 5.74) is 5.09. The van der Waals surface area contributed by atoms with E-state index in [2.05, 4.69) is 34.5 Å². The summed E-state index contributed by atoms with van der Waals surface area (Å²) < 4.78 is 10.9. The third-order valence-corrected chi connectivity index (χ3v) is 5.42. The lowest BCUT2D eigenvalue weighted by molar-refractivity contribution is 0.0948. The molecule has 0 unspecified atom stereocenters. The van der Waals surface area contributed by atoms with E-state index in [1.165, 1.54) is 11.3 Å². The number of aryl methyl sites for hydroxylation is 1. The first-order valence-electron chi connectivity index (χ1n) is 10.3. The summed E-state index contributed by atoms with van der Waals surface area (Å²) in [6, 6.07) is 15.9. The minimum atomic E-state index is -0.0883. The summed E-state index contributed by atoms with van der Waals surface area (Å²) in [4.78, 5) is 19.3. The Morgan fingerprint density at radius 2 is 2.00 bits per heavy atom. The summed E-state index contributed by atoms with van der Waals surface area (Å²) in [7, 11) is 1.65. The quantitative estimate of drug-likeness (QED) is 0.574. The number of rotatable bonds is 8. The van der Waals surface area contributed by atoms with Crippen molar-refractivity contribution in [1.82, 2.24) is 10.3 Å². The SMILES string of the molecule is COCCCNC(=O)c1ccc(-c2nc(CN3CCc4ccccc43)c(C)o2)cc1. The van der Waals surface area contributed by atoms with Gasteiger partial charge in [0, 0.05) is 43.6 Å². The lowest BCUT2D eigenvalue weighted by Crippen LogP contribution is -2.25. The van der Waals surface area contributed by atoms with Gasteiger partial charge >= 0.3 is 0 Å². The second-order valence-electron chi connectivity index (χ2n) is 7.50. The molecule has 0 atom stereocenters. The van der Waals surface area contributed by atoms with Crippen molar-refractivity contribution < 1.29 is 13.9 Å². The molecule has 3 aromatic rings. The summed E-state index contributed by atoms with van der Waals surface area (Å²) >= 11 is 0. The molecule has 1 aliphatic heterocycles. The Bertz CT molecular complexity index is 1010. The highest BCUT2D eigenvalue weighted by atomic mass is 16.5. The highest BCUT2D eigenvalue weighted by Gasteiger charge is 2.21. The summed E-state index contributed by atoms with van der Waals surface area (Å²) in [6.07, 6.45) is 1.86. The molecule has 6 heteroatoms. The number of amides is 1. The van der Waals surface area contributed by atoms with E-state index >= 15 is 0 Å². The van der Waals surface area contributed by atoms with Crippen LogP contribution in [0.1, 0.15) is 33.8 Å². The fraction of sp³-hybridized carbons (Fsp3) is 0.333. The minimum absolute atomic E-state index is 0.0883. The molecule has 0 aliphatic carbocycles. The van der Waals surface area contributed by atoms with Crippen LogP contribution in [0.4, 0.5) is 5.69 Å². The number of para-hydroxylation sites is 1. The Balaban J connectivity index is 1.42. The largest absolute Gasteiger partial charge is 0.441 e. The molecule has 2 heterocycles. The van der Waals surface area contributed by atoms with Crippen LogP contribution >= 0.6 is 0 Å². The van der Waals surface area contributed by atoms with Crippen LogP contribution in [0.3, 0.4) is 0 Å². The third kappa shape index (κ3) is 4.39. The molecule has 4 rings (SSSR count). The maximum absolute atomic E-state index is 12.2. The van der Waals surface area contributed by atoms with E-state index in [1.807, 2.05) is 19.1 Å². The van der Waals surface area contributed by atoms with Gasteiger partial charge in [-0.1, -0.05) is 18.2 Å². The van der Waals surface area contributed by atoms with E-state index < -0.39 is 0 Å². The number of benzene rings is 2. The van der Waals surface area contributed by atoms with Gasteiger partial charge in [0.2, 0.25) is 5.89 Å². The summed E-state index contributed by atoms with van der Waals surface area (Å²) in [6.45, 7) is 4.91. The summed E-state index contributed by atoms with van der Waals surface area (Å²) in [5, 5.41) is 2.89. The molecule has 156 valence electrons. The Labute approximate surface area is 176 Å². The van der Waals surface area contributed by atoms with E-state index in [0.29, 0.717) is 24.6 Å². The number of hydrogen-bond donors (Lipinski definition) is 1. The van der Waals surface area contributed by atoms with Crippen molar-refractivity contribution in [2.45, 2.75) is 26.3 Å². The lowest BCUT2D eigenvalue weighted by Gasteiger charge is -2.17. The molecule has 0 bridgehead atoms. The van der Waals surface area contributed by atoms with Gasteiger partial charge in [-0.25, -0.2) is 4.98 Å². The highest BCUT2D eigenvalue weighted by Crippen LogP contribution is 2.30. The molecule has 0 fully saturated rings. The van der Waals surface area contributed by atoms with Crippen molar-refractivity contribution in [1.29, 1.82) is 0 Å². The normalized spacial score (nSPS) is 12.8. The maximum Gasteiger partial charge on any atom is 0.251 e. The van der Waals surface area contributed by atoms with Crippen LogP contribution in [0.2, 0.25) is 0 Å². The zero-order valence-corrected chi connectivity index (χ0v) is 17.5. The van der Waals surface area contributed by atoms with Gasteiger partial charge in [-0.3, -0.25) is 4.79 Å². The fourth-order valence-electron chi connectivity index (χ4n) is 3.73. The molecule has 1 amide bonds. The van der Waals surface area contributed by atoms with E-state index in [9.17, 15) is 4.79 Å². The number of nitrogens with zero attached hydrogens (tertiary/aromatic N) is 2. The molecule has 30 heavy (non-hydrogen) atoms. The topological polar surface area (TPSA) is 67.6 Å². The number of hydrogen-bond acceptors (Lipinski definition) is 5. The molecule has 0 saturated heterocycles. The molecule has 1 aromatic heterocycles. The van der Waals surface area contributed by atoms with Gasteiger partial charge in [0.05, 0.1) is 6.54 Å². The second kappa shape index (κ2) is 9.13. The number of carbonyl (C=O) groups is 1. The average Bonchev–Trinajstić information content (AvgIpc) is 3.35. The van der Waals surface area contributed by atoms with Gasteiger partial charge in [-0.05, 0) is 55.7 Å². The van der Waals surface area contributed by atoms with Crippen molar-refractivity contribution >= 4 is 11.6 Å². The van der Waals surface area contributed by atoms with Gasteiger partial charge in [0.1, 0.15) is 11.5 Å². The molecule has 6 nitrogen and oxygen atoms in total. The lowest BCUT2D eigenvalue weighted by atomic mass is 10.1. The first-order chi connectivity index (χ1) is 14.7. The van der Waals surface area contributed by atoms with Crippen LogP contribution in [-0.4, -0.2) is 37.7 Å². The number of anilines is 1. The predicted molar refractivity (Wildman–Crippen MR) is 117 cm³/mol. The average molecular weight is 405 g/mol. The van der Waals surface area contributed by atoms with Crippen molar-refractivity contribution in [2.24, 2.45) is 0 Å². The monoisotopic (exact) mass is 405 g/mol. The predicted octanol–water partition coefficient (Wildman–Crippen LogP) is 3.98. The molecule has 0 spiro atoms. The highest BCUT2D eigenvalue weighted by molar-refractivity contribution is 5.94. The number of ether oxygens (including phenoxy) is 1. The summed E-state index contributed by atoms with van der Waals surface area (Å²) in [5.74, 6) is 1.33. The Kier molecular flexibility index (Phi) is 6.14. The zero-order chi connectivity index (χ0) is 20.9. The van der Waals surface area contributed by atoms with Crippen molar-refractivity contribution in [3.63, 3.8) is 0 Å². The molecule has 0 radical (unpaired) electrons. The van der Waals surface area contributed by atoms with Gasteiger partial charge in [0.25, 0.3) is 5.91 Å². The van der Waals surface area contributed by atoms with Crippen LogP contribution in [-0.2, 0) is 17.7 Å². The van der Waals surface area contributed by atoms with Gasteiger partial charge < -0.3 is 19.4 Å². The fourth-order valence-corrected chi connectivity index (χ4v) is 3.73. The first kappa shape index (κ1) is 20.2. The van der Waals surface area contributed by atoms with Gasteiger partial charge in [0.15, 0.2) is 0 Å². The molecular weight excluding hydrogens is 378 g/mol. The first-order valence-corrected chi connectivity index (χ1v) is 10.3. The van der Waals surface area contributed by atoms with E-state index in [0.717, 1.165) is 42.9 Å². The molecular formula is C24H27N3O3.